The van der Waals surface area contributed by atoms with Gasteiger partial charge in [-0.25, -0.2) is 0 Å². The van der Waals surface area contributed by atoms with Crippen LogP contribution >= 0.6 is 0 Å². The summed E-state index contributed by atoms with van der Waals surface area (Å²) in [6.07, 6.45) is 16.1. The lowest BCUT2D eigenvalue weighted by Gasteiger charge is -2.46. The van der Waals surface area contributed by atoms with E-state index in [-0.39, 0.29) is 45.7 Å². The Hall–Kier alpha value is -4.50. The van der Waals surface area contributed by atoms with Gasteiger partial charge in [0.2, 0.25) is 0 Å². The van der Waals surface area contributed by atoms with Gasteiger partial charge in [0.15, 0.2) is 0 Å². The van der Waals surface area contributed by atoms with Gasteiger partial charge in [-0.3, -0.25) is 0 Å². The maximum absolute atomic E-state index is 2.78. The molecule has 9 rings (SSSR count). The maximum atomic E-state index is 2.78. The second-order valence-corrected chi connectivity index (χ2v) is 22.8. The molecule has 0 radical (unpaired) electrons. The van der Waals surface area contributed by atoms with Crippen molar-refractivity contribution in [2.75, 3.05) is 9.80 Å². The zero-order chi connectivity index (χ0) is 41.5. The molecular formula is C55H65BN2. The van der Waals surface area contributed by atoms with Crippen LogP contribution in [0, 0.1) is 16.7 Å². The summed E-state index contributed by atoms with van der Waals surface area (Å²) in [5.41, 5.74) is 19.5. The Bertz CT molecular complexity index is 2460. The number of rotatable bonds is 3. The minimum absolute atomic E-state index is 0.000283. The molecule has 3 aliphatic heterocycles. The monoisotopic (exact) mass is 765 g/mol. The van der Waals surface area contributed by atoms with E-state index in [1.807, 2.05) is 0 Å². The minimum atomic E-state index is -0.224. The normalized spacial score (nSPS) is 21.0. The first-order chi connectivity index (χ1) is 27.0. The third-order valence-corrected chi connectivity index (χ3v) is 14.3. The van der Waals surface area contributed by atoms with Crippen molar-refractivity contribution >= 4 is 45.9 Å². The summed E-state index contributed by atoms with van der Waals surface area (Å²) in [4.78, 5) is 5.43. The van der Waals surface area contributed by atoms with Gasteiger partial charge in [-0.1, -0.05) is 182 Å². The SMILES string of the molecule is CC(C)(C)C1=CC2c3cc(C(C)(C)C)cc4c3N(c3cc(C(C)(C)c5ccccc5)cc5c3B4c3cc(C(C)(C)C)ccc3N5C3=CCC(C(C)(C)C)C=C3)C2C=C1. The van der Waals surface area contributed by atoms with Crippen LogP contribution in [0.15, 0.2) is 121 Å². The Kier molecular flexibility index (Phi) is 8.57. The van der Waals surface area contributed by atoms with Gasteiger partial charge in [-0.05, 0) is 108 Å². The molecule has 5 aliphatic rings. The molecule has 3 atom stereocenters. The average Bonchev–Trinajstić information content (AvgIpc) is 3.49. The van der Waals surface area contributed by atoms with Crippen molar-refractivity contribution in [3.8, 4) is 0 Å². The highest BCUT2D eigenvalue weighted by Gasteiger charge is 2.51. The smallest absolute Gasteiger partial charge is 0.252 e. The Morgan fingerprint density at radius 2 is 1.26 bits per heavy atom. The van der Waals surface area contributed by atoms with Crippen molar-refractivity contribution < 1.29 is 0 Å². The number of hydrogen-bond donors (Lipinski definition) is 0. The summed E-state index contributed by atoms with van der Waals surface area (Å²) in [5.74, 6) is 0.771. The molecule has 4 aromatic carbocycles. The molecule has 2 aliphatic carbocycles. The quantitative estimate of drug-likeness (QED) is 0.192. The number of anilines is 4. The second kappa shape index (κ2) is 12.8. The zero-order valence-electron chi connectivity index (χ0n) is 37.8. The van der Waals surface area contributed by atoms with Crippen LogP contribution in [0.1, 0.15) is 137 Å². The topological polar surface area (TPSA) is 6.48 Å². The summed E-state index contributed by atoms with van der Waals surface area (Å²) < 4.78 is 0. The highest BCUT2D eigenvalue weighted by atomic mass is 15.2. The van der Waals surface area contributed by atoms with E-state index in [0.717, 1.165) is 6.42 Å². The van der Waals surface area contributed by atoms with E-state index in [2.05, 4.69) is 216 Å². The standard InChI is InChI=1S/C55H65BN2/c1-51(2,3)34-20-24-40(25-21-34)57-46-27-23-37(53(7,8)9)30-43(46)56-44-31-38(54(10,11)12)29-42-41-28-36(52(4,5)6)22-26-45(41)58(50(42)44)48-33-39(32-47(57)49(48)56)55(13,14)35-18-16-15-17-19-35/h15-20,22-34,41,45H,21H2,1-14H3. The van der Waals surface area contributed by atoms with E-state index in [1.54, 1.807) is 0 Å². The van der Waals surface area contributed by atoms with Gasteiger partial charge >= 0.3 is 0 Å². The van der Waals surface area contributed by atoms with Crippen molar-refractivity contribution in [3.05, 3.63) is 148 Å². The minimum Gasteiger partial charge on any atom is -0.334 e. The van der Waals surface area contributed by atoms with E-state index in [0.29, 0.717) is 5.92 Å². The molecule has 3 heterocycles. The van der Waals surface area contributed by atoms with Crippen molar-refractivity contribution in [2.24, 2.45) is 16.7 Å². The van der Waals surface area contributed by atoms with Crippen LogP contribution in [0.3, 0.4) is 0 Å². The lowest BCUT2D eigenvalue weighted by Crippen LogP contribution is -2.63. The molecule has 0 fully saturated rings. The average molecular weight is 765 g/mol. The molecule has 298 valence electrons. The molecule has 0 saturated heterocycles. The zero-order valence-corrected chi connectivity index (χ0v) is 37.8. The molecule has 3 heteroatoms. The Labute approximate surface area is 350 Å². The summed E-state index contributed by atoms with van der Waals surface area (Å²) >= 11 is 0. The summed E-state index contributed by atoms with van der Waals surface area (Å²) in [7, 11) is 0. The lowest BCUT2D eigenvalue weighted by atomic mass is 9.33. The highest BCUT2D eigenvalue weighted by Crippen LogP contribution is 2.54. The Balaban J connectivity index is 1.39. The fraction of sp³-hybridized carbons (Fsp3) is 0.418. The van der Waals surface area contributed by atoms with Crippen LogP contribution in [0.2, 0.25) is 0 Å². The van der Waals surface area contributed by atoms with Crippen LogP contribution in [-0.4, -0.2) is 12.8 Å². The summed E-state index contributed by atoms with van der Waals surface area (Å²) in [6, 6.07) is 29.2. The molecule has 0 aromatic heterocycles. The molecule has 0 N–H and O–H groups in total. The van der Waals surface area contributed by atoms with Gasteiger partial charge in [-0.2, -0.15) is 0 Å². The first-order valence-corrected chi connectivity index (χ1v) is 22.0. The number of nitrogens with zero attached hydrogens (tertiary/aromatic N) is 2. The van der Waals surface area contributed by atoms with Gasteiger partial charge in [0.1, 0.15) is 0 Å². The molecule has 58 heavy (non-hydrogen) atoms. The highest BCUT2D eigenvalue weighted by molar-refractivity contribution is 7.00. The third kappa shape index (κ3) is 6.04. The van der Waals surface area contributed by atoms with Gasteiger partial charge in [-0.15, -0.1) is 0 Å². The summed E-state index contributed by atoms with van der Waals surface area (Å²) in [6.45, 7) is 33.4. The third-order valence-electron chi connectivity index (χ3n) is 14.3. The second-order valence-electron chi connectivity index (χ2n) is 22.8. The summed E-state index contributed by atoms with van der Waals surface area (Å²) in [5, 5.41) is 0. The van der Waals surface area contributed by atoms with E-state index in [1.165, 1.54) is 78.2 Å². The van der Waals surface area contributed by atoms with Gasteiger partial charge in [0, 0.05) is 39.8 Å². The number of hydrogen-bond acceptors (Lipinski definition) is 2. The first-order valence-electron chi connectivity index (χ1n) is 22.0. The predicted octanol–water partition coefficient (Wildman–Crippen LogP) is 12.5. The van der Waals surface area contributed by atoms with Gasteiger partial charge in [0.05, 0.1) is 6.04 Å². The maximum Gasteiger partial charge on any atom is 0.252 e. The van der Waals surface area contributed by atoms with Crippen molar-refractivity contribution in [1.82, 2.24) is 0 Å². The van der Waals surface area contributed by atoms with Crippen LogP contribution < -0.4 is 26.2 Å². The van der Waals surface area contributed by atoms with E-state index in [4.69, 9.17) is 0 Å². The van der Waals surface area contributed by atoms with E-state index < -0.39 is 0 Å². The fourth-order valence-electron chi connectivity index (χ4n) is 10.4. The van der Waals surface area contributed by atoms with Gasteiger partial charge < -0.3 is 9.80 Å². The van der Waals surface area contributed by atoms with Crippen LogP contribution in [-0.2, 0) is 16.2 Å². The molecule has 2 nitrogen and oxygen atoms in total. The molecule has 0 bridgehead atoms. The van der Waals surface area contributed by atoms with Crippen LogP contribution in [0.5, 0.6) is 0 Å². The number of benzene rings is 4. The Morgan fingerprint density at radius 3 is 1.88 bits per heavy atom. The predicted molar refractivity (Wildman–Crippen MR) is 252 cm³/mol. The molecule has 0 saturated carbocycles. The van der Waals surface area contributed by atoms with E-state index in [9.17, 15) is 0 Å². The lowest BCUT2D eigenvalue weighted by molar-refractivity contribution is 0.293. The van der Waals surface area contributed by atoms with E-state index >= 15 is 0 Å². The molecule has 0 spiro atoms. The Morgan fingerprint density at radius 1 is 0.586 bits per heavy atom. The number of allylic oxidation sites excluding steroid dienone is 5. The van der Waals surface area contributed by atoms with Crippen molar-refractivity contribution in [2.45, 2.75) is 132 Å². The molecular weight excluding hydrogens is 699 g/mol. The van der Waals surface area contributed by atoms with Crippen LogP contribution in [0.25, 0.3) is 0 Å². The fourth-order valence-corrected chi connectivity index (χ4v) is 10.4. The van der Waals surface area contributed by atoms with Crippen LogP contribution in [0.4, 0.5) is 22.7 Å². The molecule has 3 unspecified atom stereocenters. The largest absolute Gasteiger partial charge is 0.334 e. The first kappa shape index (κ1) is 39.0. The molecule has 0 amide bonds. The van der Waals surface area contributed by atoms with Gasteiger partial charge in [0.25, 0.3) is 6.71 Å². The van der Waals surface area contributed by atoms with Crippen molar-refractivity contribution in [1.29, 1.82) is 0 Å². The van der Waals surface area contributed by atoms with Crippen molar-refractivity contribution in [3.63, 3.8) is 0 Å². The number of fused-ring (bicyclic) bond motifs is 7. The molecule has 4 aromatic rings.